The van der Waals surface area contributed by atoms with Crippen LogP contribution < -0.4 is 0 Å². The first-order valence-electron chi connectivity index (χ1n) is 26.6. The zero-order valence-electron chi connectivity index (χ0n) is 45.9. The van der Waals surface area contributed by atoms with Gasteiger partial charge >= 0.3 is 5.97 Å². The van der Waals surface area contributed by atoms with Crippen LogP contribution in [0.2, 0.25) is 0 Å². The van der Waals surface area contributed by atoms with Crippen LogP contribution in [0.5, 0.6) is 0 Å². The van der Waals surface area contributed by atoms with Crippen molar-refractivity contribution in [2.24, 2.45) is 0 Å². The molecule has 5 heterocycles. The largest absolute Gasteiger partial charge is 0.454 e. The average Bonchev–Trinajstić information content (AvgIpc) is 3.47. The Hall–Kier alpha value is -4.92. The van der Waals surface area contributed by atoms with Gasteiger partial charge in [-0.3, -0.25) is 14.9 Å². The van der Waals surface area contributed by atoms with Crippen molar-refractivity contribution >= 4 is 33.2 Å². The molecule has 4 fully saturated rings. The molecule has 5 aromatic rings. The summed E-state index contributed by atoms with van der Waals surface area (Å²) in [6.07, 6.45) is -12.2. The van der Waals surface area contributed by atoms with E-state index in [-0.39, 0.29) is 32.1 Å². The molecule has 4 saturated heterocycles. The molecular formula is C59H70N2O17S2. The minimum atomic E-state index is -1.49. The minimum Gasteiger partial charge on any atom is -0.454 e. The quantitative estimate of drug-likeness (QED) is 0.0259. The summed E-state index contributed by atoms with van der Waals surface area (Å²) in [7, 11) is 5.44. The third-order valence-electron chi connectivity index (χ3n) is 14.7. The first-order chi connectivity index (χ1) is 38.7. The molecule has 0 bridgehead atoms. The summed E-state index contributed by atoms with van der Waals surface area (Å²) >= 11 is 0. The highest BCUT2D eigenvalue weighted by molar-refractivity contribution is 8.76. The van der Waals surface area contributed by atoms with Gasteiger partial charge in [0.1, 0.15) is 65.5 Å². The Morgan fingerprint density at radius 3 is 1.45 bits per heavy atom. The summed E-state index contributed by atoms with van der Waals surface area (Å²) < 4.78 is 94.5. The Morgan fingerprint density at radius 1 is 0.562 bits per heavy atom. The van der Waals surface area contributed by atoms with E-state index in [1.807, 2.05) is 142 Å². The van der Waals surface area contributed by atoms with E-state index >= 15 is 0 Å². The van der Waals surface area contributed by atoms with Gasteiger partial charge in [-0.2, -0.15) is 0 Å². The third-order valence-corrected chi connectivity index (χ3v) is 17.1. The number of nitro groups is 1. The predicted molar refractivity (Wildman–Crippen MR) is 293 cm³/mol. The number of ether oxygens (including phenoxy) is 14. The first-order valence-corrected chi connectivity index (χ1v) is 28.8. The number of esters is 1. The van der Waals surface area contributed by atoms with E-state index in [9.17, 15) is 14.9 Å². The van der Waals surface area contributed by atoms with Gasteiger partial charge in [-0.25, -0.2) is 4.98 Å². The van der Waals surface area contributed by atoms with E-state index in [1.54, 1.807) is 19.9 Å². The van der Waals surface area contributed by atoms with Crippen LogP contribution in [0.4, 0.5) is 5.69 Å². The molecule has 0 N–H and O–H groups in total. The smallest absolute Gasteiger partial charge is 0.303 e. The van der Waals surface area contributed by atoms with Gasteiger partial charge in [0.15, 0.2) is 18.7 Å². The van der Waals surface area contributed by atoms with Gasteiger partial charge < -0.3 is 66.3 Å². The summed E-state index contributed by atoms with van der Waals surface area (Å²) in [5.74, 6) is -3.57. The lowest BCUT2D eigenvalue weighted by Gasteiger charge is -2.57. The summed E-state index contributed by atoms with van der Waals surface area (Å²) in [6.45, 7) is 11.1. The van der Waals surface area contributed by atoms with Crippen LogP contribution in [0.1, 0.15) is 63.8 Å². The Kier molecular flexibility index (Phi) is 20.5. The lowest BCUT2D eigenvalue weighted by Crippen LogP contribution is -2.73. The number of carbonyl (C=O) groups is 1. The van der Waals surface area contributed by atoms with Crippen LogP contribution in [-0.2, 0) is 97.5 Å². The summed E-state index contributed by atoms with van der Waals surface area (Å²) in [4.78, 5) is 29.0. The summed E-state index contributed by atoms with van der Waals surface area (Å²) in [6, 6.07) is 42.0. The monoisotopic (exact) mass is 1140 g/mol. The Labute approximate surface area is 474 Å². The molecular weight excluding hydrogens is 1070 g/mol. The number of hydrogen-bond acceptors (Lipinski definition) is 20. The van der Waals surface area contributed by atoms with E-state index in [0.29, 0.717) is 5.03 Å². The number of fused-ring (bicyclic) bond motifs is 1. The second-order valence-corrected chi connectivity index (χ2v) is 22.5. The number of rotatable bonds is 23. The van der Waals surface area contributed by atoms with Crippen molar-refractivity contribution in [2.45, 2.75) is 176 Å². The lowest BCUT2D eigenvalue weighted by atomic mass is 9.94. The van der Waals surface area contributed by atoms with Gasteiger partial charge in [-0.15, -0.1) is 0 Å². The van der Waals surface area contributed by atoms with Crippen molar-refractivity contribution in [2.75, 3.05) is 14.2 Å². The fourth-order valence-electron chi connectivity index (χ4n) is 10.2. The van der Waals surface area contributed by atoms with Crippen LogP contribution in [0.25, 0.3) is 0 Å². The highest BCUT2D eigenvalue weighted by Gasteiger charge is 2.64. The number of nitrogens with zero attached hydrogens (tertiary/aromatic N) is 2. The van der Waals surface area contributed by atoms with Crippen molar-refractivity contribution in [3.63, 3.8) is 0 Å². The molecule has 19 nitrogen and oxygen atoms in total. The lowest BCUT2D eigenvalue weighted by molar-refractivity contribution is -0.474. The maximum atomic E-state index is 13.6. The molecule has 9 rings (SSSR count). The van der Waals surface area contributed by atoms with Gasteiger partial charge in [0, 0.05) is 27.2 Å². The van der Waals surface area contributed by atoms with E-state index in [1.165, 1.54) is 55.0 Å². The molecule has 430 valence electrons. The van der Waals surface area contributed by atoms with Crippen molar-refractivity contribution in [3.8, 4) is 0 Å². The number of aromatic nitrogens is 1. The Balaban J connectivity index is 1.10. The molecule has 4 aliphatic heterocycles. The van der Waals surface area contributed by atoms with E-state index in [4.69, 9.17) is 66.3 Å². The van der Waals surface area contributed by atoms with Gasteiger partial charge in [0.2, 0.25) is 11.6 Å². The van der Waals surface area contributed by atoms with E-state index < -0.39 is 114 Å². The zero-order valence-corrected chi connectivity index (χ0v) is 47.6. The molecule has 80 heavy (non-hydrogen) atoms. The number of pyridine rings is 1. The van der Waals surface area contributed by atoms with Crippen molar-refractivity contribution in [1.29, 1.82) is 0 Å². The van der Waals surface area contributed by atoms with Crippen LogP contribution in [0.15, 0.2) is 145 Å². The molecule has 0 spiro atoms. The average molecular weight is 1140 g/mol. The topological polar surface area (TPSA) is 202 Å². The van der Waals surface area contributed by atoms with Gasteiger partial charge in [0.25, 0.3) is 5.69 Å². The fraction of sp³-hybridized carbons (Fsp3) is 0.492. The Morgan fingerprint density at radius 2 is 1.00 bits per heavy atom. The molecule has 0 aliphatic carbocycles. The standard InChI is InChI=1S/C59H70N2O17S2/c1-36-46(67-32-40-21-13-9-14-22-40)49(69-34-42-25-17-11-18-26-42)52(70-35-43-27-19-12-20-28-43)55(71-36)75-50-47(68-33-41-23-15-10-16-24-41)37(2)72-56(53(50)74-39(4)62)76-54-51-48(77-58(5,65-7)59(6,66-8)78-51)38(3)73-57(54)80-79-45-30-29-44(31-60-45)61(63)64/h9-31,36-38,46-57H,32-35H2,1-8H3/t36-,37-,38-,46-,47-,48-,49+,50+,51+,52+,53+,54+,55+,56-,57+,58+,59+/m0/s1. The predicted octanol–water partition coefficient (Wildman–Crippen LogP) is 9.52. The molecule has 4 aliphatic rings. The van der Waals surface area contributed by atoms with Crippen LogP contribution in [0.3, 0.4) is 0 Å². The summed E-state index contributed by atoms with van der Waals surface area (Å²) in [5, 5.41) is 12.0. The maximum absolute atomic E-state index is 13.6. The zero-order chi connectivity index (χ0) is 56.4. The maximum Gasteiger partial charge on any atom is 0.303 e. The number of hydrogen-bond donors (Lipinski definition) is 0. The Bertz CT molecular complexity index is 2730. The third kappa shape index (κ3) is 14.3. The molecule has 0 saturated carbocycles. The van der Waals surface area contributed by atoms with E-state index in [2.05, 4.69) is 4.98 Å². The highest BCUT2D eigenvalue weighted by atomic mass is 33.1. The molecule has 17 atom stereocenters. The molecule has 1 aromatic heterocycles. The number of benzene rings is 4. The molecule has 21 heteroatoms. The molecule has 0 amide bonds. The van der Waals surface area contributed by atoms with Gasteiger partial charge in [-0.05, 0) is 73.7 Å². The van der Waals surface area contributed by atoms with Gasteiger partial charge in [-0.1, -0.05) is 132 Å². The normalized spacial score (nSPS) is 33.3. The molecule has 4 aromatic carbocycles. The number of carbonyl (C=O) groups excluding carboxylic acids is 1. The van der Waals surface area contributed by atoms with Crippen molar-refractivity contribution < 1.29 is 76.0 Å². The van der Waals surface area contributed by atoms with Crippen LogP contribution >= 0.6 is 21.6 Å². The van der Waals surface area contributed by atoms with Gasteiger partial charge in [0.05, 0.1) is 49.7 Å². The number of methoxy groups -OCH3 is 2. The first kappa shape index (κ1) is 59.7. The SMILES string of the molecule is CO[C@]1(C)O[C@@H]2[C@@H](O[C@@]1(C)OC)[C@H](C)O[C@H](SSc1ccc([N+](=O)[O-])cn1)[C@@H]2O[C@@H]1O[C@@H](C)[C@H](OCc2ccccc2)[C@@H](O[C@H]2O[C@@H](C)[C@H](OCc3ccccc3)[C@@H](OCc3ccccc3)[C@H]2OCc2ccccc2)[C@H]1OC(C)=O. The van der Waals surface area contributed by atoms with Crippen LogP contribution in [0, 0.1) is 10.1 Å². The molecule has 0 radical (unpaired) electrons. The second kappa shape index (κ2) is 27.4. The molecule has 0 unspecified atom stereocenters. The summed E-state index contributed by atoms with van der Waals surface area (Å²) in [5.41, 5.74) is 2.63. The minimum absolute atomic E-state index is 0.134. The second-order valence-electron chi connectivity index (χ2n) is 20.2. The van der Waals surface area contributed by atoms with E-state index in [0.717, 1.165) is 22.3 Å². The van der Waals surface area contributed by atoms with Crippen molar-refractivity contribution in [1.82, 2.24) is 4.98 Å². The highest BCUT2D eigenvalue weighted by Crippen LogP contribution is 2.49. The van der Waals surface area contributed by atoms with Crippen molar-refractivity contribution in [3.05, 3.63) is 172 Å². The fourth-order valence-corrected chi connectivity index (χ4v) is 12.5. The van der Waals surface area contributed by atoms with Crippen LogP contribution in [-0.4, -0.2) is 133 Å².